The molecule has 0 saturated carbocycles. The molecule has 84 valence electrons. The molecule has 0 aliphatic carbocycles. The molecule has 0 rings (SSSR count). The minimum Gasteiger partial charge on any atom is -0.481 e. The summed E-state index contributed by atoms with van der Waals surface area (Å²) in [5.74, 6) is 0.183. The first-order chi connectivity index (χ1) is 6.49. The van der Waals surface area contributed by atoms with Crippen LogP contribution in [0.4, 0.5) is 0 Å². The van der Waals surface area contributed by atoms with Crippen LogP contribution in [0.25, 0.3) is 0 Å². The van der Waals surface area contributed by atoms with Crippen LogP contribution in [0.5, 0.6) is 0 Å². The first-order valence-electron chi connectivity index (χ1n) is 4.53. The van der Waals surface area contributed by atoms with Gasteiger partial charge in [0.15, 0.2) is 5.96 Å². The Morgan fingerprint density at radius 3 is 2.00 bits per heavy atom. The Hall–Kier alpha value is -1.26. The summed E-state index contributed by atoms with van der Waals surface area (Å²) in [6, 6.07) is 0. The summed E-state index contributed by atoms with van der Waals surface area (Å²) in [5, 5.41) is 10.8. The normalized spacial score (nSPS) is 9.93. The smallest absolute Gasteiger partial charge is 0.303 e. The highest BCUT2D eigenvalue weighted by Crippen LogP contribution is 1.82. The van der Waals surface area contributed by atoms with Crippen molar-refractivity contribution < 1.29 is 9.90 Å². The molecule has 5 heteroatoms. The van der Waals surface area contributed by atoms with Gasteiger partial charge in [-0.2, -0.15) is 0 Å². The number of carboxylic acid groups (broad SMARTS) is 1. The van der Waals surface area contributed by atoms with E-state index in [4.69, 9.17) is 5.11 Å². The number of hydrogen-bond acceptors (Lipinski definition) is 2. The number of carbonyl (C=O) groups is 1. The van der Waals surface area contributed by atoms with E-state index in [1.807, 2.05) is 33.0 Å². The molecule has 0 bridgehead atoms. The lowest BCUT2D eigenvalue weighted by Gasteiger charge is -2.12. The van der Waals surface area contributed by atoms with Crippen molar-refractivity contribution in [2.75, 3.05) is 28.2 Å². The topological polar surface area (TPSA) is 64.9 Å². The fourth-order valence-electron chi connectivity index (χ4n) is 0.749. The minimum absolute atomic E-state index is 0.292. The Kier molecular flexibility index (Phi) is 10.7. The molecule has 0 aromatic heterocycles. The van der Waals surface area contributed by atoms with E-state index in [0.717, 1.165) is 12.4 Å². The number of hydrogen-bond donors (Lipinski definition) is 2. The quantitative estimate of drug-likeness (QED) is 0.510. The maximum Gasteiger partial charge on any atom is 0.303 e. The van der Waals surface area contributed by atoms with Gasteiger partial charge in [-0.25, -0.2) is 0 Å². The molecule has 0 heterocycles. The van der Waals surface area contributed by atoms with Crippen molar-refractivity contribution in [1.82, 2.24) is 10.2 Å². The lowest BCUT2D eigenvalue weighted by molar-refractivity contribution is -0.137. The highest BCUT2D eigenvalue weighted by molar-refractivity contribution is 5.78. The van der Waals surface area contributed by atoms with Gasteiger partial charge in [-0.05, 0) is 6.42 Å². The Balaban J connectivity index is 0. The van der Waals surface area contributed by atoms with Crippen LogP contribution in [0.2, 0.25) is 0 Å². The van der Waals surface area contributed by atoms with E-state index in [9.17, 15) is 4.79 Å². The summed E-state index contributed by atoms with van der Waals surface area (Å²) in [6.45, 7) is 1.84. The fraction of sp³-hybridized carbons (Fsp3) is 0.778. The van der Waals surface area contributed by atoms with Gasteiger partial charge in [-0.3, -0.25) is 9.79 Å². The van der Waals surface area contributed by atoms with E-state index in [0.29, 0.717) is 6.42 Å². The minimum atomic E-state index is -0.711. The van der Waals surface area contributed by atoms with Crippen LogP contribution < -0.4 is 5.32 Å². The highest BCUT2D eigenvalue weighted by Gasteiger charge is 1.91. The molecule has 0 atom stereocenters. The van der Waals surface area contributed by atoms with Crippen molar-refractivity contribution >= 4 is 11.9 Å². The van der Waals surface area contributed by atoms with E-state index in [2.05, 4.69) is 10.3 Å². The molecule has 5 nitrogen and oxygen atoms in total. The zero-order valence-electron chi connectivity index (χ0n) is 9.66. The molecule has 0 aliphatic rings. The SMILES string of the molecule is CCCC(=O)O.CN=C(NC)N(C)C. The van der Waals surface area contributed by atoms with Crippen molar-refractivity contribution in [2.45, 2.75) is 19.8 Å². The van der Waals surface area contributed by atoms with Gasteiger partial charge in [0.25, 0.3) is 0 Å². The second-order valence-corrected chi connectivity index (χ2v) is 2.84. The van der Waals surface area contributed by atoms with E-state index in [1.165, 1.54) is 0 Å². The standard InChI is InChI=1S/C5H13N3.C4H8O2/c1-6-5(7-2)8(3)4;1-2-3-4(5)6/h1-4H3,(H,6,7);2-3H2,1H3,(H,5,6). The van der Waals surface area contributed by atoms with Crippen LogP contribution in [0.3, 0.4) is 0 Å². The van der Waals surface area contributed by atoms with Crippen molar-refractivity contribution in [3.63, 3.8) is 0 Å². The molecule has 0 amide bonds. The first-order valence-corrected chi connectivity index (χ1v) is 4.53. The average Bonchev–Trinajstić information content (AvgIpc) is 2.06. The van der Waals surface area contributed by atoms with Crippen molar-refractivity contribution in [2.24, 2.45) is 4.99 Å². The summed E-state index contributed by atoms with van der Waals surface area (Å²) in [6.07, 6.45) is 1.02. The molecule has 2 N–H and O–H groups in total. The van der Waals surface area contributed by atoms with Gasteiger partial charge in [-0.15, -0.1) is 0 Å². The van der Waals surface area contributed by atoms with Gasteiger partial charge in [0.2, 0.25) is 0 Å². The lowest BCUT2D eigenvalue weighted by atomic mass is 10.4. The fourth-order valence-corrected chi connectivity index (χ4v) is 0.749. The summed E-state index contributed by atoms with van der Waals surface area (Å²) in [7, 11) is 7.49. The molecule has 0 saturated heterocycles. The third-order valence-corrected chi connectivity index (χ3v) is 1.32. The third kappa shape index (κ3) is 10.7. The second-order valence-electron chi connectivity index (χ2n) is 2.84. The summed E-state index contributed by atoms with van der Waals surface area (Å²) in [5.41, 5.74) is 0. The van der Waals surface area contributed by atoms with Crippen molar-refractivity contribution in [1.29, 1.82) is 0 Å². The first kappa shape index (κ1) is 15.2. The predicted octanol–water partition coefficient (Wildman–Crippen LogP) is 0.624. The number of carboxylic acids is 1. The van der Waals surface area contributed by atoms with Gasteiger partial charge in [0.1, 0.15) is 0 Å². The molecule has 0 spiro atoms. The Labute approximate surface area is 85.8 Å². The van der Waals surface area contributed by atoms with Gasteiger partial charge in [-0.1, -0.05) is 6.92 Å². The average molecular weight is 203 g/mol. The highest BCUT2D eigenvalue weighted by atomic mass is 16.4. The number of aliphatic carboxylic acids is 1. The number of nitrogens with zero attached hydrogens (tertiary/aromatic N) is 2. The molecular weight excluding hydrogens is 182 g/mol. The molecule has 0 unspecified atom stereocenters. The predicted molar refractivity (Wildman–Crippen MR) is 58.6 cm³/mol. The molecule has 0 aromatic carbocycles. The van der Waals surface area contributed by atoms with Crippen LogP contribution in [0.1, 0.15) is 19.8 Å². The molecule has 0 aliphatic heterocycles. The van der Waals surface area contributed by atoms with E-state index >= 15 is 0 Å². The maximum absolute atomic E-state index is 9.60. The van der Waals surface area contributed by atoms with E-state index in [-0.39, 0.29) is 0 Å². The van der Waals surface area contributed by atoms with Gasteiger partial charge < -0.3 is 15.3 Å². The number of nitrogens with one attached hydrogen (secondary N) is 1. The maximum atomic E-state index is 9.60. The van der Waals surface area contributed by atoms with Gasteiger partial charge in [0.05, 0.1) is 0 Å². The van der Waals surface area contributed by atoms with Crippen LogP contribution in [-0.2, 0) is 4.79 Å². The zero-order chi connectivity index (χ0) is 11.6. The van der Waals surface area contributed by atoms with E-state index in [1.54, 1.807) is 7.05 Å². The Bertz CT molecular complexity index is 179. The second kappa shape index (κ2) is 9.83. The molecule has 0 aromatic rings. The monoisotopic (exact) mass is 203 g/mol. The van der Waals surface area contributed by atoms with Crippen LogP contribution in [-0.4, -0.2) is 50.1 Å². The summed E-state index contributed by atoms with van der Waals surface area (Å²) >= 11 is 0. The van der Waals surface area contributed by atoms with Gasteiger partial charge >= 0.3 is 5.97 Å². The Morgan fingerprint density at radius 1 is 1.50 bits per heavy atom. The Morgan fingerprint density at radius 2 is 2.00 bits per heavy atom. The number of aliphatic imine (C=N–C) groups is 1. The number of guanidine groups is 1. The molecular formula is C9H21N3O2. The largest absolute Gasteiger partial charge is 0.481 e. The van der Waals surface area contributed by atoms with Crippen LogP contribution >= 0.6 is 0 Å². The third-order valence-electron chi connectivity index (χ3n) is 1.32. The zero-order valence-corrected chi connectivity index (χ0v) is 9.66. The molecule has 0 radical (unpaired) electrons. The molecule has 14 heavy (non-hydrogen) atoms. The number of rotatable bonds is 2. The van der Waals surface area contributed by atoms with Gasteiger partial charge in [0, 0.05) is 34.6 Å². The summed E-state index contributed by atoms with van der Waals surface area (Å²) in [4.78, 5) is 15.5. The van der Waals surface area contributed by atoms with Crippen molar-refractivity contribution in [3.8, 4) is 0 Å². The van der Waals surface area contributed by atoms with Crippen LogP contribution in [0, 0.1) is 0 Å². The van der Waals surface area contributed by atoms with E-state index < -0.39 is 5.97 Å². The van der Waals surface area contributed by atoms with Crippen LogP contribution in [0.15, 0.2) is 4.99 Å². The lowest BCUT2D eigenvalue weighted by Crippen LogP contribution is -2.33. The summed E-state index contributed by atoms with van der Waals surface area (Å²) < 4.78 is 0. The van der Waals surface area contributed by atoms with Crippen molar-refractivity contribution in [3.05, 3.63) is 0 Å². The molecule has 0 fully saturated rings.